The van der Waals surface area contributed by atoms with Crippen LogP contribution in [0.3, 0.4) is 0 Å². The first-order chi connectivity index (χ1) is 12.0. The van der Waals surface area contributed by atoms with Crippen molar-refractivity contribution in [1.29, 1.82) is 0 Å². The van der Waals surface area contributed by atoms with Crippen LogP contribution in [0.2, 0.25) is 0 Å². The molecular weight excluding hydrogens is 336 g/mol. The normalized spacial score (nSPS) is 21.8. The Bertz CT molecular complexity index is 898. The molecule has 1 N–H and O–H groups in total. The van der Waals surface area contributed by atoms with Crippen molar-refractivity contribution in [2.24, 2.45) is 0 Å². The van der Waals surface area contributed by atoms with E-state index in [9.17, 15) is 8.42 Å². The maximum absolute atomic E-state index is 11.7. The molecule has 1 saturated heterocycles. The van der Waals surface area contributed by atoms with Crippen molar-refractivity contribution in [2.75, 3.05) is 28.3 Å². The second kappa shape index (κ2) is 6.29. The number of anilines is 3. The molecule has 3 heterocycles. The first-order valence-corrected chi connectivity index (χ1v) is 10.5. The standard InChI is InChI=1S/C18H22N4O2S/c1-13-19-17(21-15-8-10-25(23,24)12-15)11-18(20-13)22-9-4-6-14-5-2-3-7-16(14)22/h2-3,5,7,11,15H,4,6,8-10,12H2,1H3,(H,19,20,21). The highest BCUT2D eigenvalue weighted by Crippen LogP contribution is 2.33. The number of hydrogen-bond acceptors (Lipinski definition) is 6. The van der Waals surface area contributed by atoms with Gasteiger partial charge in [-0.3, -0.25) is 0 Å². The fourth-order valence-electron chi connectivity index (χ4n) is 3.65. The molecule has 1 aromatic carbocycles. The zero-order valence-electron chi connectivity index (χ0n) is 14.3. The quantitative estimate of drug-likeness (QED) is 0.908. The van der Waals surface area contributed by atoms with Gasteiger partial charge < -0.3 is 10.2 Å². The third kappa shape index (κ3) is 3.46. The van der Waals surface area contributed by atoms with E-state index in [0.717, 1.165) is 25.2 Å². The molecule has 6 nitrogen and oxygen atoms in total. The number of benzene rings is 1. The van der Waals surface area contributed by atoms with Gasteiger partial charge in [0.2, 0.25) is 0 Å². The molecule has 0 saturated carbocycles. The summed E-state index contributed by atoms with van der Waals surface area (Å²) >= 11 is 0. The van der Waals surface area contributed by atoms with E-state index in [1.54, 1.807) is 0 Å². The molecule has 2 aliphatic heterocycles. The summed E-state index contributed by atoms with van der Waals surface area (Å²) in [5.74, 6) is 2.68. The van der Waals surface area contributed by atoms with Gasteiger partial charge in [0.15, 0.2) is 9.84 Å². The molecular formula is C18H22N4O2S. The summed E-state index contributed by atoms with van der Waals surface area (Å²) in [5, 5.41) is 3.28. The van der Waals surface area contributed by atoms with E-state index in [1.165, 1.54) is 11.3 Å². The van der Waals surface area contributed by atoms with Gasteiger partial charge >= 0.3 is 0 Å². The van der Waals surface area contributed by atoms with Crippen molar-refractivity contribution in [3.05, 3.63) is 41.7 Å². The number of aromatic nitrogens is 2. The molecule has 25 heavy (non-hydrogen) atoms. The molecule has 2 aromatic rings. The Morgan fingerprint density at radius 2 is 2.08 bits per heavy atom. The van der Waals surface area contributed by atoms with Crippen LogP contribution in [-0.4, -0.2) is 42.5 Å². The highest BCUT2D eigenvalue weighted by Gasteiger charge is 2.28. The molecule has 0 aliphatic carbocycles. The summed E-state index contributed by atoms with van der Waals surface area (Å²) in [5.41, 5.74) is 2.53. The lowest BCUT2D eigenvalue weighted by atomic mass is 10.0. The molecule has 0 spiro atoms. The number of nitrogens with one attached hydrogen (secondary N) is 1. The molecule has 1 aromatic heterocycles. The van der Waals surface area contributed by atoms with E-state index in [1.807, 2.05) is 19.1 Å². The first-order valence-electron chi connectivity index (χ1n) is 8.68. The van der Waals surface area contributed by atoms with Crippen molar-refractivity contribution in [3.63, 3.8) is 0 Å². The maximum atomic E-state index is 11.7. The van der Waals surface area contributed by atoms with Crippen molar-refractivity contribution in [3.8, 4) is 0 Å². The zero-order chi connectivity index (χ0) is 17.4. The Morgan fingerprint density at radius 3 is 2.88 bits per heavy atom. The van der Waals surface area contributed by atoms with E-state index in [4.69, 9.17) is 0 Å². The number of fused-ring (bicyclic) bond motifs is 1. The highest BCUT2D eigenvalue weighted by molar-refractivity contribution is 7.91. The fraction of sp³-hybridized carbons (Fsp3) is 0.444. The van der Waals surface area contributed by atoms with Crippen LogP contribution in [0.5, 0.6) is 0 Å². The summed E-state index contributed by atoms with van der Waals surface area (Å²) in [7, 11) is -2.91. The Morgan fingerprint density at radius 1 is 1.24 bits per heavy atom. The van der Waals surface area contributed by atoms with Crippen molar-refractivity contribution in [2.45, 2.75) is 32.2 Å². The van der Waals surface area contributed by atoms with E-state index < -0.39 is 9.84 Å². The predicted molar refractivity (Wildman–Crippen MR) is 99.2 cm³/mol. The lowest BCUT2D eigenvalue weighted by Gasteiger charge is -2.30. The van der Waals surface area contributed by atoms with Crippen LogP contribution in [-0.2, 0) is 16.3 Å². The van der Waals surface area contributed by atoms with Gasteiger partial charge in [-0.15, -0.1) is 0 Å². The minimum absolute atomic E-state index is 0.0687. The van der Waals surface area contributed by atoms with Crippen molar-refractivity contribution in [1.82, 2.24) is 9.97 Å². The Balaban J connectivity index is 1.63. The van der Waals surface area contributed by atoms with E-state index >= 15 is 0 Å². The summed E-state index contributed by atoms with van der Waals surface area (Å²) in [6.45, 7) is 2.79. The van der Waals surface area contributed by atoms with Crippen LogP contribution in [0.15, 0.2) is 30.3 Å². The van der Waals surface area contributed by atoms with E-state index in [2.05, 4.69) is 38.4 Å². The van der Waals surface area contributed by atoms with Crippen LogP contribution in [0.4, 0.5) is 17.3 Å². The third-order valence-corrected chi connectivity index (χ3v) is 6.56. The largest absolute Gasteiger partial charge is 0.366 e. The summed E-state index contributed by atoms with van der Waals surface area (Å²) in [4.78, 5) is 11.3. The van der Waals surface area contributed by atoms with Gasteiger partial charge in [-0.05, 0) is 37.8 Å². The molecule has 7 heteroatoms. The smallest absolute Gasteiger partial charge is 0.152 e. The molecule has 1 atom stereocenters. The van der Waals surface area contributed by atoms with Gasteiger partial charge in [-0.25, -0.2) is 18.4 Å². The van der Waals surface area contributed by atoms with E-state index in [-0.39, 0.29) is 17.5 Å². The van der Waals surface area contributed by atoms with Crippen LogP contribution < -0.4 is 10.2 Å². The van der Waals surface area contributed by atoms with Crippen molar-refractivity contribution < 1.29 is 8.42 Å². The second-order valence-electron chi connectivity index (χ2n) is 6.79. The van der Waals surface area contributed by atoms with Gasteiger partial charge in [-0.2, -0.15) is 0 Å². The topological polar surface area (TPSA) is 75.2 Å². The number of nitrogens with zero attached hydrogens (tertiary/aromatic N) is 3. The third-order valence-electron chi connectivity index (χ3n) is 4.80. The Labute approximate surface area is 148 Å². The monoisotopic (exact) mass is 358 g/mol. The number of para-hydroxylation sites is 1. The van der Waals surface area contributed by atoms with Crippen LogP contribution in [0.1, 0.15) is 24.2 Å². The summed E-state index contributed by atoms with van der Waals surface area (Å²) in [6.07, 6.45) is 2.80. The number of aryl methyl sites for hydroxylation is 2. The highest BCUT2D eigenvalue weighted by atomic mass is 32.2. The predicted octanol–water partition coefficient (Wildman–Crippen LogP) is 2.47. The zero-order valence-corrected chi connectivity index (χ0v) is 15.1. The molecule has 4 rings (SSSR count). The Hall–Kier alpha value is -2.15. The lowest BCUT2D eigenvalue weighted by Crippen LogP contribution is -2.26. The lowest BCUT2D eigenvalue weighted by molar-refractivity contribution is 0.602. The molecule has 0 amide bonds. The fourth-order valence-corrected chi connectivity index (χ4v) is 5.33. The number of rotatable bonds is 3. The Kier molecular flexibility index (Phi) is 4.11. The van der Waals surface area contributed by atoms with Gasteiger partial charge in [0.25, 0.3) is 0 Å². The van der Waals surface area contributed by atoms with Crippen molar-refractivity contribution >= 4 is 27.2 Å². The SMILES string of the molecule is Cc1nc(NC2CCS(=O)(=O)C2)cc(N2CCCc3ccccc32)n1. The molecule has 2 aliphatic rings. The molecule has 1 fully saturated rings. The average molecular weight is 358 g/mol. The van der Waals surface area contributed by atoms with E-state index in [0.29, 0.717) is 18.1 Å². The minimum Gasteiger partial charge on any atom is -0.366 e. The number of sulfone groups is 1. The average Bonchev–Trinajstić information content (AvgIpc) is 2.92. The van der Waals surface area contributed by atoms with Crippen LogP contribution in [0.25, 0.3) is 0 Å². The summed E-state index contributed by atoms with van der Waals surface area (Å²) in [6, 6.07) is 10.3. The molecule has 132 valence electrons. The second-order valence-corrected chi connectivity index (χ2v) is 9.02. The molecule has 1 unspecified atom stereocenters. The number of hydrogen-bond donors (Lipinski definition) is 1. The minimum atomic E-state index is -2.91. The summed E-state index contributed by atoms with van der Waals surface area (Å²) < 4.78 is 23.3. The van der Waals surface area contributed by atoms with Crippen LogP contribution in [0, 0.1) is 6.92 Å². The maximum Gasteiger partial charge on any atom is 0.152 e. The van der Waals surface area contributed by atoms with Crippen LogP contribution >= 0.6 is 0 Å². The van der Waals surface area contributed by atoms with Gasteiger partial charge in [-0.1, -0.05) is 18.2 Å². The molecule has 0 bridgehead atoms. The van der Waals surface area contributed by atoms with Gasteiger partial charge in [0, 0.05) is 24.3 Å². The van der Waals surface area contributed by atoms with Gasteiger partial charge in [0.05, 0.1) is 11.5 Å². The van der Waals surface area contributed by atoms with Gasteiger partial charge in [0.1, 0.15) is 17.5 Å². The molecule has 0 radical (unpaired) electrons. The first kappa shape index (κ1) is 16.3.